The molecular formula is C2H6ClN2P. The fraction of sp³-hybridized carbons (Fsp3) is 1.00. The van der Waals surface area contributed by atoms with Crippen molar-refractivity contribution in [1.82, 2.24) is 10.2 Å². The first-order chi connectivity index (χ1) is 2.89. The molecule has 1 aliphatic heterocycles. The molecule has 0 amide bonds. The Balaban J connectivity index is 2.18. The van der Waals surface area contributed by atoms with E-state index in [1.807, 2.05) is 0 Å². The summed E-state index contributed by atoms with van der Waals surface area (Å²) >= 11 is 5.55. The Kier molecular flexibility index (Phi) is 1.66. The maximum Gasteiger partial charge on any atom is 0.134 e. The van der Waals surface area contributed by atoms with Crippen molar-refractivity contribution in [1.29, 1.82) is 0 Å². The Bertz CT molecular complexity index is 44.8. The lowest BCUT2D eigenvalue weighted by Gasteiger charge is -1.92. The molecular weight excluding hydrogens is 118 g/mol. The summed E-state index contributed by atoms with van der Waals surface area (Å²) in [7, 11) is -0.493. The lowest BCUT2D eigenvalue weighted by molar-refractivity contribution is 0.942. The van der Waals surface area contributed by atoms with Crippen LogP contribution in [0.25, 0.3) is 0 Å². The second-order valence-electron chi connectivity index (χ2n) is 1.10. The van der Waals surface area contributed by atoms with E-state index in [9.17, 15) is 0 Å². The van der Waals surface area contributed by atoms with Gasteiger partial charge < -0.3 is 0 Å². The van der Waals surface area contributed by atoms with E-state index in [0.717, 1.165) is 13.1 Å². The predicted octanol–water partition coefficient (Wildman–Crippen LogP) is 0.645. The van der Waals surface area contributed by atoms with E-state index in [2.05, 4.69) is 10.2 Å². The monoisotopic (exact) mass is 124 g/mol. The van der Waals surface area contributed by atoms with Gasteiger partial charge in [0.05, 0.1) is 0 Å². The third kappa shape index (κ3) is 1.05. The highest BCUT2D eigenvalue weighted by Crippen LogP contribution is 2.32. The Morgan fingerprint density at radius 1 is 1.33 bits per heavy atom. The van der Waals surface area contributed by atoms with Gasteiger partial charge in [-0.2, -0.15) is 0 Å². The minimum Gasteiger partial charge on any atom is -0.270 e. The van der Waals surface area contributed by atoms with Crippen LogP contribution in [-0.4, -0.2) is 13.1 Å². The summed E-state index contributed by atoms with van der Waals surface area (Å²) < 4.78 is 0. The van der Waals surface area contributed by atoms with E-state index in [-0.39, 0.29) is 0 Å². The fourth-order valence-corrected chi connectivity index (χ4v) is 1.60. The molecule has 0 saturated carbocycles. The van der Waals surface area contributed by atoms with Crippen LogP contribution >= 0.6 is 18.8 Å². The zero-order valence-electron chi connectivity index (χ0n) is 3.24. The minimum atomic E-state index is -0.493. The van der Waals surface area contributed by atoms with Gasteiger partial charge in [-0.25, -0.2) is 0 Å². The van der Waals surface area contributed by atoms with Crippen LogP contribution in [-0.2, 0) is 0 Å². The third-order valence-electron chi connectivity index (χ3n) is 0.626. The SMILES string of the molecule is ClP1NCCN1. The summed E-state index contributed by atoms with van der Waals surface area (Å²) in [4.78, 5) is 0. The summed E-state index contributed by atoms with van der Waals surface area (Å²) in [6, 6.07) is 0. The van der Waals surface area contributed by atoms with Gasteiger partial charge in [-0.05, 0) is 0 Å². The highest BCUT2D eigenvalue weighted by molar-refractivity contribution is 7.80. The van der Waals surface area contributed by atoms with Gasteiger partial charge in [0.2, 0.25) is 0 Å². The van der Waals surface area contributed by atoms with Crippen molar-refractivity contribution < 1.29 is 0 Å². The smallest absolute Gasteiger partial charge is 0.134 e. The van der Waals surface area contributed by atoms with Gasteiger partial charge in [-0.15, -0.1) is 0 Å². The van der Waals surface area contributed by atoms with Crippen LogP contribution in [0.1, 0.15) is 0 Å². The first kappa shape index (κ1) is 4.79. The number of hydrogen-bond donors (Lipinski definition) is 2. The van der Waals surface area contributed by atoms with Crippen LogP contribution in [0.15, 0.2) is 0 Å². The van der Waals surface area contributed by atoms with Gasteiger partial charge >= 0.3 is 0 Å². The molecule has 0 unspecified atom stereocenters. The van der Waals surface area contributed by atoms with E-state index >= 15 is 0 Å². The zero-order valence-corrected chi connectivity index (χ0v) is 4.89. The molecule has 6 heavy (non-hydrogen) atoms. The van der Waals surface area contributed by atoms with Crippen LogP contribution in [0, 0.1) is 0 Å². The molecule has 0 aliphatic carbocycles. The van der Waals surface area contributed by atoms with E-state index in [1.165, 1.54) is 0 Å². The molecule has 1 fully saturated rings. The standard InChI is InChI=1S/C2H6ClN2P/c3-6-4-1-2-5-6/h4-5H,1-2H2. The first-order valence-corrected chi connectivity index (χ1v) is 4.07. The molecule has 2 N–H and O–H groups in total. The summed E-state index contributed by atoms with van der Waals surface area (Å²) in [5.74, 6) is 0. The second kappa shape index (κ2) is 2.08. The van der Waals surface area contributed by atoms with Crippen molar-refractivity contribution in [3.05, 3.63) is 0 Å². The molecule has 4 heteroatoms. The van der Waals surface area contributed by atoms with Crippen LogP contribution in [0.2, 0.25) is 0 Å². The van der Waals surface area contributed by atoms with Gasteiger partial charge in [0.1, 0.15) is 7.58 Å². The van der Waals surface area contributed by atoms with Gasteiger partial charge in [0.25, 0.3) is 0 Å². The topological polar surface area (TPSA) is 24.1 Å². The fourth-order valence-electron chi connectivity index (χ4n) is 0.364. The maximum atomic E-state index is 5.55. The van der Waals surface area contributed by atoms with Crippen LogP contribution < -0.4 is 10.2 Å². The van der Waals surface area contributed by atoms with Gasteiger partial charge in [0.15, 0.2) is 0 Å². The molecule has 1 rings (SSSR count). The second-order valence-corrected chi connectivity index (χ2v) is 3.31. The molecule has 0 spiro atoms. The largest absolute Gasteiger partial charge is 0.270 e. The highest BCUT2D eigenvalue weighted by atomic mass is 35.7. The number of rotatable bonds is 0. The molecule has 1 heterocycles. The zero-order chi connectivity index (χ0) is 4.41. The Morgan fingerprint density at radius 3 is 2.00 bits per heavy atom. The highest BCUT2D eigenvalue weighted by Gasteiger charge is 2.06. The molecule has 36 valence electrons. The van der Waals surface area contributed by atoms with E-state index in [1.54, 1.807) is 0 Å². The molecule has 0 radical (unpaired) electrons. The lowest BCUT2D eigenvalue weighted by Crippen LogP contribution is -1.99. The Labute approximate surface area is 42.9 Å². The first-order valence-electron chi connectivity index (χ1n) is 1.82. The Hall–Kier alpha value is 0.640. The van der Waals surface area contributed by atoms with Gasteiger partial charge in [0, 0.05) is 13.1 Å². The van der Waals surface area contributed by atoms with Crippen molar-refractivity contribution in [3.8, 4) is 0 Å². The van der Waals surface area contributed by atoms with Crippen LogP contribution in [0.3, 0.4) is 0 Å². The molecule has 0 bridgehead atoms. The number of nitrogens with one attached hydrogen (secondary N) is 2. The van der Waals surface area contributed by atoms with Crippen molar-refractivity contribution in [2.75, 3.05) is 13.1 Å². The summed E-state index contributed by atoms with van der Waals surface area (Å²) in [6.07, 6.45) is 0. The molecule has 1 aliphatic rings. The minimum absolute atomic E-state index is 0.493. The lowest BCUT2D eigenvalue weighted by atomic mass is 10.7. The molecule has 1 saturated heterocycles. The van der Waals surface area contributed by atoms with Crippen molar-refractivity contribution in [2.24, 2.45) is 0 Å². The third-order valence-corrected chi connectivity index (χ3v) is 2.35. The van der Waals surface area contributed by atoms with E-state index in [0.29, 0.717) is 0 Å². The molecule has 0 aromatic rings. The normalized spacial score (nSPS) is 25.5. The number of hydrogen-bond acceptors (Lipinski definition) is 2. The molecule has 0 aromatic carbocycles. The average Bonchev–Trinajstić information content (AvgIpc) is 1.86. The number of halogens is 1. The van der Waals surface area contributed by atoms with Gasteiger partial charge in [-0.3, -0.25) is 10.2 Å². The Morgan fingerprint density at radius 2 is 1.83 bits per heavy atom. The van der Waals surface area contributed by atoms with Crippen molar-refractivity contribution >= 4 is 18.8 Å². The molecule has 0 aromatic heterocycles. The van der Waals surface area contributed by atoms with Gasteiger partial charge in [-0.1, -0.05) is 11.2 Å². The quantitative estimate of drug-likeness (QED) is 0.463. The van der Waals surface area contributed by atoms with E-state index in [4.69, 9.17) is 11.2 Å². The molecule has 2 nitrogen and oxygen atoms in total. The average molecular weight is 125 g/mol. The maximum absolute atomic E-state index is 5.55. The van der Waals surface area contributed by atoms with Crippen molar-refractivity contribution in [3.63, 3.8) is 0 Å². The van der Waals surface area contributed by atoms with Crippen LogP contribution in [0.4, 0.5) is 0 Å². The predicted molar refractivity (Wildman–Crippen MR) is 28.8 cm³/mol. The van der Waals surface area contributed by atoms with E-state index < -0.39 is 7.58 Å². The molecule has 0 atom stereocenters. The van der Waals surface area contributed by atoms with Crippen LogP contribution in [0.5, 0.6) is 0 Å². The summed E-state index contributed by atoms with van der Waals surface area (Å²) in [5, 5.41) is 6.08. The summed E-state index contributed by atoms with van der Waals surface area (Å²) in [6.45, 7) is 2.05. The summed E-state index contributed by atoms with van der Waals surface area (Å²) in [5.41, 5.74) is 0. The van der Waals surface area contributed by atoms with Crippen molar-refractivity contribution in [2.45, 2.75) is 0 Å².